The average Bonchev–Trinajstić information content (AvgIpc) is 3.26. The van der Waals surface area contributed by atoms with E-state index < -0.39 is 23.3 Å². The van der Waals surface area contributed by atoms with Gasteiger partial charge in [-0.25, -0.2) is 9.22 Å². The van der Waals surface area contributed by atoms with Crippen molar-refractivity contribution in [3.05, 3.63) is 77.9 Å². The van der Waals surface area contributed by atoms with Crippen molar-refractivity contribution < 1.29 is 23.1 Å². The normalized spacial score (nSPS) is 16.0. The molecule has 5 rings (SSSR count). The Kier molecular flexibility index (Phi) is 7.26. The maximum absolute atomic E-state index is 11.9. The molecule has 2 heterocycles. The molecule has 1 saturated heterocycles. The fourth-order valence-corrected chi connectivity index (χ4v) is 5.46. The van der Waals surface area contributed by atoms with E-state index in [1.165, 1.54) is 4.41 Å². The van der Waals surface area contributed by atoms with Gasteiger partial charge in [-0.2, -0.15) is 0 Å². The minimum Gasteiger partial charge on any atom is -0.481 e. The monoisotopic (exact) mass is 517 g/mol. The number of rotatable bonds is 6. The first-order chi connectivity index (χ1) is 17.9. The van der Waals surface area contributed by atoms with Crippen LogP contribution < -0.4 is 4.90 Å². The van der Waals surface area contributed by atoms with Gasteiger partial charge >= 0.3 is 5.97 Å². The number of benzene rings is 3. The molecule has 0 bridgehead atoms. The summed E-state index contributed by atoms with van der Waals surface area (Å²) in [7, 11) is 0. The number of carboxylic acid groups (broad SMARTS) is 1. The van der Waals surface area contributed by atoms with Crippen molar-refractivity contribution in [2.24, 2.45) is 0 Å². The van der Waals surface area contributed by atoms with E-state index in [0.717, 1.165) is 38.8 Å². The van der Waals surface area contributed by atoms with Gasteiger partial charge in [-0.1, -0.05) is 30.0 Å². The van der Waals surface area contributed by atoms with Gasteiger partial charge in [0, 0.05) is 59.8 Å². The predicted molar refractivity (Wildman–Crippen MR) is 144 cm³/mol. The number of fused-ring (bicyclic) bond motifs is 3. The molecule has 0 spiro atoms. The Morgan fingerprint density at radius 2 is 1.62 bits per heavy atom. The van der Waals surface area contributed by atoms with Gasteiger partial charge in [0.25, 0.3) is 0 Å². The zero-order chi connectivity index (χ0) is 25.9. The van der Waals surface area contributed by atoms with E-state index in [1.807, 2.05) is 60.7 Å². The van der Waals surface area contributed by atoms with E-state index in [0.29, 0.717) is 26.2 Å². The van der Waals surface area contributed by atoms with Crippen molar-refractivity contribution >= 4 is 44.9 Å². The molecule has 2 atom stereocenters. The molecule has 190 valence electrons. The van der Waals surface area contributed by atoms with E-state index in [2.05, 4.69) is 22.8 Å². The zero-order valence-electron chi connectivity index (χ0n) is 20.3. The largest absolute Gasteiger partial charge is 0.481 e. The van der Waals surface area contributed by atoms with Crippen LogP contribution in [0, 0.1) is 11.8 Å². The highest BCUT2D eigenvalue weighted by atomic mass is 32.2. The number of hydrogen-bond donors (Lipinski definition) is 2. The van der Waals surface area contributed by atoms with Crippen molar-refractivity contribution in [2.75, 3.05) is 31.1 Å². The Morgan fingerprint density at radius 1 is 0.973 bits per heavy atom. The first kappa shape index (κ1) is 25.0. The minimum atomic E-state index is -2.28. The Bertz CT molecular complexity index is 1510. The third-order valence-electron chi connectivity index (χ3n) is 6.50. The molecule has 4 aromatic rings. The molecule has 0 saturated carbocycles. The van der Waals surface area contributed by atoms with Crippen LogP contribution in [0.5, 0.6) is 0 Å². The number of carbonyl (C=O) groups is 1. The highest BCUT2D eigenvalue weighted by Gasteiger charge is 2.30. The van der Waals surface area contributed by atoms with E-state index in [-0.39, 0.29) is 6.42 Å². The molecule has 1 aromatic heterocycles. The van der Waals surface area contributed by atoms with Crippen LogP contribution in [-0.2, 0) is 16.1 Å². The second kappa shape index (κ2) is 10.7. The fourth-order valence-electron chi connectivity index (χ4n) is 4.72. The molecular formula is C28H27N3O5S. The summed E-state index contributed by atoms with van der Waals surface area (Å²) in [5, 5.41) is 12.9. The Morgan fingerprint density at radius 3 is 2.32 bits per heavy atom. The van der Waals surface area contributed by atoms with Gasteiger partial charge in [0.05, 0.1) is 6.42 Å². The summed E-state index contributed by atoms with van der Waals surface area (Å²) in [6.45, 7) is 3.98. The van der Waals surface area contributed by atoms with E-state index in [1.54, 1.807) is 11.9 Å². The fraction of sp³-hybridized carbons (Fsp3) is 0.250. The molecule has 2 N–H and O–H groups in total. The van der Waals surface area contributed by atoms with Gasteiger partial charge in [-0.3, -0.25) is 9.35 Å². The number of hydrazine groups is 1. The van der Waals surface area contributed by atoms with Crippen molar-refractivity contribution in [2.45, 2.75) is 19.4 Å². The first-order valence-electron chi connectivity index (χ1n) is 12.0. The molecule has 2 unspecified atom stereocenters. The Balaban J connectivity index is 1.24. The third-order valence-corrected chi connectivity index (χ3v) is 7.41. The van der Waals surface area contributed by atoms with E-state index >= 15 is 0 Å². The molecule has 0 amide bonds. The highest BCUT2D eigenvalue weighted by Crippen LogP contribution is 2.29. The van der Waals surface area contributed by atoms with Crippen LogP contribution in [0.3, 0.4) is 0 Å². The Hall–Kier alpha value is -3.68. The summed E-state index contributed by atoms with van der Waals surface area (Å²) < 4.78 is 28.7. The summed E-state index contributed by atoms with van der Waals surface area (Å²) in [6, 6.07) is 21.4. The maximum Gasteiger partial charge on any atom is 0.305 e. The molecule has 1 aliphatic rings. The van der Waals surface area contributed by atoms with Gasteiger partial charge in [0.1, 0.15) is 11.2 Å². The molecule has 3 aromatic carbocycles. The number of hydrogen-bond acceptors (Lipinski definition) is 5. The summed E-state index contributed by atoms with van der Waals surface area (Å²) in [4.78, 5) is 13.3. The lowest BCUT2D eigenvalue weighted by Crippen LogP contribution is -2.57. The lowest BCUT2D eigenvalue weighted by atomic mass is 10.1. The van der Waals surface area contributed by atoms with E-state index in [9.17, 15) is 13.6 Å². The number of carboxylic acids is 1. The number of aliphatic carboxylic acids is 1. The molecule has 0 radical (unpaired) electrons. The minimum absolute atomic E-state index is 0.207. The summed E-state index contributed by atoms with van der Waals surface area (Å²) in [5.41, 5.74) is 4.59. The molecule has 37 heavy (non-hydrogen) atoms. The zero-order valence-corrected chi connectivity index (χ0v) is 21.1. The van der Waals surface area contributed by atoms with E-state index in [4.69, 9.17) is 9.52 Å². The van der Waals surface area contributed by atoms with Crippen molar-refractivity contribution in [3.8, 4) is 11.8 Å². The van der Waals surface area contributed by atoms with Crippen molar-refractivity contribution in [1.82, 2.24) is 9.42 Å². The molecule has 1 fully saturated rings. The smallest absolute Gasteiger partial charge is 0.305 e. The van der Waals surface area contributed by atoms with Crippen LogP contribution in [0.2, 0.25) is 0 Å². The van der Waals surface area contributed by atoms with Crippen molar-refractivity contribution in [3.63, 3.8) is 0 Å². The highest BCUT2D eigenvalue weighted by molar-refractivity contribution is 7.76. The number of para-hydroxylation sites is 1. The maximum atomic E-state index is 11.9. The topological polar surface area (TPSA) is 97.5 Å². The van der Waals surface area contributed by atoms with Gasteiger partial charge in [0.15, 0.2) is 0 Å². The third kappa shape index (κ3) is 5.53. The molecule has 0 aliphatic carbocycles. The van der Waals surface area contributed by atoms with Gasteiger partial charge in [-0.15, -0.1) is 4.41 Å². The predicted octanol–water partition coefficient (Wildman–Crippen LogP) is 4.32. The van der Waals surface area contributed by atoms with Crippen LogP contribution in [0.4, 0.5) is 5.69 Å². The summed E-state index contributed by atoms with van der Waals surface area (Å²) in [6.07, 6.45) is -0.207. The molecule has 8 nitrogen and oxygen atoms in total. The standard InChI is InChI=1S/C28H27N3O5S/c1-20(18-28(32)33)31(37(34)35)30-16-14-29(15-17-30)23-11-8-21(9-12-23)6-7-22-10-13-27-25(19-22)24-4-2-3-5-26(24)36-27/h2-5,8-13,19-20H,14-18H2,1H3,(H,32,33)(H,34,35). The first-order valence-corrected chi connectivity index (χ1v) is 13.1. The second-order valence-electron chi connectivity index (χ2n) is 9.03. The van der Waals surface area contributed by atoms with Gasteiger partial charge < -0.3 is 14.4 Å². The van der Waals surface area contributed by atoms with Crippen LogP contribution >= 0.6 is 0 Å². The van der Waals surface area contributed by atoms with Gasteiger partial charge in [0.2, 0.25) is 11.3 Å². The second-order valence-corrected chi connectivity index (χ2v) is 9.86. The lowest BCUT2D eigenvalue weighted by molar-refractivity contribution is -0.139. The summed E-state index contributed by atoms with van der Waals surface area (Å²) in [5.74, 6) is 5.48. The van der Waals surface area contributed by atoms with Crippen LogP contribution in [0.25, 0.3) is 21.9 Å². The van der Waals surface area contributed by atoms with Crippen LogP contribution in [-0.4, -0.2) is 61.5 Å². The number of anilines is 1. The number of piperazine rings is 1. The van der Waals surface area contributed by atoms with Crippen LogP contribution in [0.15, 0.2) is 71.1 Å². The van der Waals surface area contributed by atoms with Crippen molar-refractivity contribution in [1.29, 1.82) is 0 Å². The van der Waals surface area contributed by atoms with Crippen LogP contribution in [0.1, 0.15) is 24.5 Å². The average molecular weight is 518 g/mol. The SMILES string of the molecule is CC(CC(=O)O)N(N1CCN(c2ccc(C#Cc3ccc4oc5ccccc5c4c3)cc2)CC1)S(=O)O. The summed E-state index contributed by atoms with van der Waals surface area (Å²) >= 11 is -2.28. The van der Waals surface area contributed by atoms with Gasteiger partial charge in [-0.05, 0) is 55.5 Å². The molecule has 1 aliphatic heterocycles. The Labute approximate surface area is 217 Å². The number of nitrogens with zero attached hydrogens (tertiary/aromatic N) is 3. The molecular weight excluding hydrogens is 490 g/mol. The lowest BCUT2D eigenvalue weighted by Gasteiger charge is -2.41. The molecule has 9 heteroatoms. The quantitative estimate of drug-likeness (QED) is 0.290. The number of furan rings is 1.